The van der Waals surface area contributed by atoms with E-state index in [-0.39, 0.29) is 11.8 Å². The van der Waals surface area contributed by atoms with Crippen LogP contribution in [0.1, 0.15) is 40.4 Å². The fourth-order valence-corrected chi connectivity index (χ4v) is 3.20. The molecule has 0 spiro atoms. The summed E-state index contributed by atoms with van der Waals surface area (Å²) < 4.78 is 6.00. The average molecular weight is 417 g/mol. The third-order valence-corrected chi connectivity index (χ3v) is 5.21. The Bertz CT molecular complexity index is 1050. The van der Waals surface area contributed by atoms with E-state index in [2.05, 4.69) is 10.6 Å². The minimum Gasteiger partial charge on any atom is -0.480 e. The fraction of sp³-hybridized carbons (Fsp3) is 0.231. The van der Waals surface area contributed by atoms with Gasteiger partial charge in [-0.05, 0) is 55.2 Å². The van der Waals surface area contributed by atoms with E-state index in [1.54, 1.807) is 24.3 Å². The van der Waals surface area contributed by atoms with Gasteiger partial charge in [0.25, 0.3) is 11.8 Å². The summed E-state index contributed by atoms with van der Waals surface area (Å²) in [6, 6.07) is 22.4. The second-order valence-corrected chi connectivity index (χ2v) is 7.42. The van der Waals surface area contributed by atoms with Gasteiger partial charge in [0.15, 0.2) is 6.10 Å². The zero-order valence-electron chi connectivity index (χ0n) is 18.1. The molecule has 160 valence electrons. The summed E-state index contributed by atoms with van der Waals surface area (Å²) in [6.45, 7) is 6.29. The van der Waals surface area contributed by atoms with Crippen LogP contribution in [-0.2, 0) is 11.3 Å². The van der Waals surface area contributed by atoms with Crippen LogP contribution in [0.3, 0.4) is 0 Å². The number of aryl methyl sites for hydroxylation is 1. The van der Waals surface area contributed by atoms with E-state index in [9.17, 15) is 9.59 Å². The molecule has 0 saturated carbocycles. The van der Waals surface area contributed by atoms with E-state index in [0.717, 1.165) is 16.7 Å². The number of rotatable bonds is 8. The van der Waals surface area contributed by atoms with Gasteiger partial charge in [-0.25, -0.2) is 0 Å². The summed E-state index contributed by atoms with van der Waals surface area (Å²) in [5.74, 6) is 0.158. The van der Waals surface area contributed by atoms with Crippen molar-refractivity contribution in [3.8, 4) is 5.75 Å². The zero-order valence-corrected chi connectivity index (χ0v) is 18.1. The molecule has 3 aromatic carbocycles. The van der Waals surface area contributed by atoms with Gasteiger partial charge in [-0.3, -0.25) is 9.59 Å². The molecule has 0 aromatic heterocycles. The molecule has 0 aliphatic heterocycles. The molecule has 5 nitrogen and oxygen atoms in total. The van der Waals surface area contributed by atoms with Crippen molar-refractivity contribution in [2.45, 2.75) is 39.8 Å². The number of carbonyl (C=O) groups is 2. The normalized spacial score (nSPS) is 11.5. The summed E-state index contributed by atoms with van der Waals surface area (Å²) in [6.07, 6.45) is -0.164. The molecule has 0 fully saturated rings. The molecule has 2 amide bonds. The molecule has 3 rings (SSSR count). The molecule has 0 heterocycles. The van der Waals surface area contributed by atoms with Gasteiger partial charge in [0, 0.05) is 6.54 Å². The first-order chi connectivity index (χ1) is 15.0. The van der Waals surface area contributed by atoms with E-state index < -0.39 is 6.10 Å². The lowest BCUT2D eigenvalue weighted by atomic mass is 10.1. The van der Waals surface area contributed by atoms with Crippen molar-refractivity contribution in [3.63, 3.8) is 0 Å². The van der Waals surface area contributed by atoms with Crippen LogP contribution in [0.2, 0.25) is 0 Å². The van der Waals surface area contributed by atoms with Gasteiger partial charge in [-0.1, -0.05) is 61.5 Å². The Kier molecular flexibility index (Phi) is 7.44. The molecule has 0 bridgehead atoms. The van der Waals surface area contributed by atoms with Crippen LogP contribution in [-0.4, -0.2) is 17.9 Å². The maximum Gasteiger partial charge on any atom is 0.265 e. The molecule has 0 unspecified atom stereocenters. The summed E-state index contributed by atoms with van der Waals surface area (Å²) in [4.78, 5) is 25.7. The summed E-state index contributed by atoms with van der Waals surface area (Å²) in [7, 11) is 0. The monoisotopic (exact) mass is 416 g/mol. The Balaban J connectivity index is 1.70. The lowest BCUT2D eigenvalue weighted by molar-refractivity contribution is -0.122. The van der Waals surface area contributed by atoms with Gasteiger partial charge >= 0.3 is 0 Å². The van der Waals surface area contributed by atoms with Crippen molar-refractivity contribution in [3.05, 3.63) is 95.1 Å². The second-order valence-electron chi connectivity index (χ2n) is 7.42. The maximum absolute atomic E-state index is 12.9. The predicted molar refractivity (Wildman–Crippen MR) is 123 cm³/mol. The standard InChI is InChI=1S/C26H28N2O3/c1-4-23(31-24-16-10-11-18(2)19(24)3)26(30)28-22-15-9-8-14-21(22)25(29)27-17-20-12-6-5-7-13-20/h5-16,23H,4,17H2,1-3H3,(H,27,29)(H,28,30)/t23-/m1/s1. The van der Waals surface area contributed by atoms with Gasteiger partial charge in [-0.15, -0.1) is 0 Å². The first kappa shape index (κ1) is 22.1. The van der Waals surface area contributed by atoms with Crippen LogP contribution in [0.5, 0.6) is 5.75 Å². The van der Waals surface area contributed by atoms with Crippen LogP contribution in [0.25, 0.3) is 0 Å². The Morgan fingerprint density at radius 1 is 0.903 bits per heavy atom. The van der Waals surface area contributed by atoms with Gasteiger partial charge in [0.2, 0.25) is 0 Å². The highest BCUT2D eigenvalue weighted by Gasteiger charge is 2.21. The zero-order chi connectivity index (χ0) is 22.2. The molecule has 0 radical (unpaired) electrons. The van der Waals surface area contributed by atoms with Gasteiger partial charge in [0.1, 0.15) is 5.75 Å². The van der Waals surface area contributed by atoms with Crippen molar-refractivity contribution in [2.24, 2.45) is 0 Å². The van der Waals surface area contributed by atoms with Crippen LogP contribution in [0.4, 0.5) is 5.69 Å². The SMILES string of the molecule is CC[C@@H](Oc1cccc(C)c1C)C(=O)Nc1ccccc1C(=O)NCc1ccccc1. The number of hydrogen-bond acceptors (Lipinski definition) is 3. The molecule has 2 N–H and O–H groups in total. The number of para-hydroxylation sites is 1. The lowest BCUT2D eigenvalue weighted by Gasteiger charge is -2.20. The quantitative estimate of drug-likeness (QED) is 0.541. The summed E-state index contributed by atoms with van der Waals surface area (Å²) in [5, 5.41) is 5.77. The highest BCUT2D eigenvalue weighted by molar-refractivity contribution is 6.04. The van der Waals surface area contributed by atoms with E-state index >= 15 is 0 Å². The van der Waals surface area contributed by atoms with Gasteiger partial charge < -0.3 is 15.4 Å². The molecular formula is C26H28N2O3. The molecule has 3 aromatic rings. The topological polar surface area (TPSA) is 67.4 Å². The average Bonchev–Trinajstić information content (AvgIpc) is 2.79. The number of nitrogens with one attached hydrogen (secondary N) is 2. The first-order valence-corrected chi connectivity index (χ1v) is 10.4. The molecule has 1 atom stereocenters. The highest BCUT2D eigenvalue weighted by Crippen LogP contribution is 2.23. The molecule has 0 aliphatic rings. The van der Waals surface area contributed by atoms with Crippen LogP contribution in [0, 0.1) is 13.8 Å². The molecule has 31 heavy (non-hydrogen) atoms. The Hall–Kier alpha value is -3.60. The number of anilines is 1. The van der Waals surface area contributed by atoms with Crippen molar-refractivity contribution < 1.29 is 14.3 Å². The van der Waals surface area contributed by atoms with Crippen molar-refractivity contribution in [1.82, 2.24) is 5.32 Å². The van der Waals surface area contributed by atoms with Crippen molar-refractivity contribution >= 4 is 17.5 Å². The van der Waals surface area contributed by atoms with E-state index in [4.69, 9.17) is 4.74 Å². The minimum absolute atomic E-state index is 0.247. The van der Waals surface area contributed by atoms with Crippen LogP contribution in [0.15, 0.2) is 72.8 Å². The smallest absolute Gasteiger partial charge is 0.265 e. The Morgan fingerprint density at radius 3 is 2.35 bits per heavy atom. The van der Waals surface area contributed by atoms with E-state index in [0.29, 0.717) is 30.0 Å². The highest BCUT2D eigenvalue weighted by atomic mass is 16.5. The second kappa shape index (κ2) is 10.4. The van der Waals surface area contributed by atoms with E-state index in [1.165, 1.54) is 0 Å². The predicted octanol–water partition coefficient (Wildman–Crippen LogP) is 5.03. The van der Waals surface area contributed by atoms with Crippen LogP contribution < -0.4 is 15.4 Å². The number of carbonyl (C=O) groups excluding carboxylic acids is 2. The third kappa shape index (κ3) is 5.72. The summed E-state index contributed by atoms with van der Waals surface area (Å²) in [5.41, 5.74) is 3.99. The minimum atomic E-state index is -0.666. The number of hydrogen-bond donors (Lipinski definition) is 2. The number of benzene rings is 3. The van der Waals surface area contributed by atoms with Crippen LogP contribution >= 0.6 is 0 Å². The lowest BCUT2D eigenvalue weighted by Crippen LogP contribution is -2.33. The molecule has 5 heteroatoms. The van der Waals surface area contributed by atoms with E-state index in [1.807, 2.05) is 69.3 Å². The largest absolute Gasteiger partial charge is 0.480 e. The molecule has 0 saturated heterocycles. The molecule has 0 aliphatic carbocycles. The Labute approximate surface area is 183 Å². The number of amides is 2. The van der Waals surface area contributed by atoms with Gasteiger partial charge in [-0.2, -0.15) is 0 Å². The first-order valence-electron chi connectivity index (χ1n) is 10.4. The van der Waals surface area contributed by atoms with Crippen molar-refractivity contribution in [2.75, 3.05) is 5.32 Å². The fourth-order valence-electron chi connectivity index (χ4n) is 3.20. The Morgan fingerprint density at radius 2 is 1.61 bits per heavy atom. The number of ether oxygens (including phenoxy) is 1. The molecular weight excluding hydrogens is 388 g/mol. The van der Waals surface area contributed by atoms with Crippen molar-refractivity contribution in [1.29, 1.82) is 0 Å². The van der Waals surface area contributed by atoms with Gasteiger partial charge in [0.05, 0.1) is 11.3 Å². The maximum atomic E-state index is 12.9. The third-order valence-electron chi connectivity index (χ3n) is 5.21. The summed E-state index contributed by atoms with van der Waals surface area (Å²) >= 11 is 0.